The summed E-state index contributed by atoms with van der Waals surface area (Å²) in [4.78, 5) is 38.1. The molecule has 6 atom stereocenters. The van der Waals surface area contributed by atoms with Crippen LogP contribution in [0.15, 0.2) is 55.1 Å². The number of para-hydroxylation sites is 1. The Morgan fingerprint density at radius 1 is 1.18 bits per heavy atom. The van der Waals surface area contributed by atoms with Crippen molar-refractivity contribution >= 4 is 36.7 Å². The van der Waals surface area contributed by atoms with E-state index >= 15 is 0 Å². The maximum absolute atomic E-state index is 14.0. The van der Waals surface area contributed by atoms with E-state index in [9.17, 15) is 14.2 Å². The number of aromatic nitrogens is 4. The Balaban J connectivity index is 1.49. The SMILES string of the molecule is C=C1[C@@H](n2cnc3c(N)ncnc32)[C@H](C)[C@@H]2OC(=O)CCCOC(=O)[C@H](C)N[P@](=O)(Oc3ccccc3)OC[C@@H]12. The number of nitrogens with two attached hydrogens (primary N) is 1. The van der Waals surface area contributed by atoms with Gasteiger partial charge in [-0.05, 0) is 31.1 Å². The molecule has 3 heterocycles. The van der Waals surface area contributed by atoms with Crippen LogP contribution in [0, 0.1) is 11.8 Å². The average Bonchev–Trinajstić information content (AvgIpc) is 3.44. The number of fused-ring (bicyclic) bond motifs is 2. The molecule has 1 saturated carbocycles. The molecule has 1 saturated heterocycles. The maximum Gasteiger partial charge on any atom is 0.459 e. The third-order valence-electron chi connectivity index (χ3n) is 7.09. The molecule has 0 radical (unpaired) electrons. The largest absolute Gasteiger partial charge is 0.465 e. The van der Waals surface area contributed by atoms with Gasteiger partial charge in [-0.2, -0.15) is 5.09 Å². The summed E-state index contributed by atoms with van der Waals surface area (Å²) < 4.78 is 38.7. The van der Waals surface area contributed by atoms with E-state index in [0.717, 1.165) is 0 Å². The molecule has 1 aliphatic carbocycles. The fourth-order valence-electron chi connectivity index (χ4n) is 5.11. The van der Waals surface area contributed by atoms with Crippen molar-refractivity contribution in [1.82, 2.24) is 24.6 Å². The van der Waals surface area contributed by atoms with Gasteiger partial charge < -0.3 is 24.3 Å². The summed E-state index contributed by atoms with van der Waals surface area (Å²) in [5, 5.41) is 2.68. The average molecular weight is 571 g/mol. The van der Waals surface area contributed by atoms with Crippen molar-refractivity contribution in [3.63, 3.8) is 0 Å². The number of hydrogen-bond donors (Lipinski definition) is 2. The minimum Gasteiger partial charge on any atom is -0.465 e. The Bertz CT molecular complexity index is 1460. The minimum atomic E-state index is -4.13. The number of imidazole rings is 1. The summed E-state index contributed by atoms with van der Waals surface area (Å²) in [6.45, 7) is 7.56. The summed E-state index contributed by atoms with van der Waals surface area (Å²) >= 11 is 0. The molecule has 40 heavy (non-hydrogen) atoms. The molecule has 2 aliphatic rings. The first kappa shape index (κ1) is 27.8. The molecule has 14 heteroatoms. The Morgan fingerprint density at radius 3 is 2.73 bits per heavy atom. The van der Waals surface area contributed by atoms with E-state index in [-0.39, 0.29) is 43.5 Å². The zero-order valence-corrected chi connectivity index (χ0v) is 23.0. The number of cyclic esters (lactones) is 1. The molecule has 2 aromatic heterocycles. The van der Waals surface area contributed by atoms with Gasteiger partial charge in [-0.1, -0.05) is 31.7 Å². The third-order valence-corrected chi connectivity index (χ3v) is 8.73. The molecule has 13 nitrogen and oxygen atoms in total. The number of carbonyl (C=O) groups is 2. The topological polar surface area (TPSA) is 170 Å². The second kappa shape index (κ2) is 11.4. The van der Waals surface area contributed by atoms with E-state index < -0.39 is 43.8 Å². The number of esters is 2. The standard InChI is InChI=1S/C26H31N6O7P/c1-15-19-12-37-40(35,39-18-8-5-4-6-9-18)31-17(3)26(34)36-11-7-10-20(33)38-23(19)16(2)22(15)32-14-30-21-24(27)28-13-29-25(21)32/h4-6,8-9,13-14,16-17,19,22-23H,1,7,10-12H2,2-3H3,(H,31,35)(H2,27,28,29)/t16-,17-,19-,22+,23-,40+/m0/s1. The lowest BCUT2D eigenvalue weighted by molar-refractivity contribution is -0.155. The number of anilines is 1. The van der Waals surface area contributed by atoms with E-state index in [1.165, 1.54) is 13.3 Å². The predicted molar refractivity (Wildman–Crippen MR) is 144 cm³/mol. The molecule has 1 aromatic carbocycles. The van der Waals surface area contributed by atoms with Gasteiger partial charge in [0.15, 0.2) is 11.5 Å². The second-order valence-corrected chi connectivity index (χ2v) is 11.5. The molecule has 0 spiro atoms. The van der Waals surface area contributed by atoms with Gasteiger partial charge in [0.05, 0.1) is 25.6 Å². The highest BCUT2D eigenvalue weighted by molar-refractivity contribution is 7.52. The molecule has 0 bridgehead atoms. The van der Waals surface area contributed by atoms with Crippen LogP contribution in [0.25, 0.3) is 11.2 Å². The van der Waals surface area contributed by atoms with Crippen LogP contribution in [0.1, 0.15) is 32.7 Å². The number of ether oxygens (including phenoxy) is 2. The Hall–Kier alpha value is -3.80. The molecule has 2 fully saturated rings. The van der Waals surface area contributed by atoms with Gasteiger partial charge in [-0.3, -0.25) is 14.1 Å². The normalized spacial score (nSPS) is 30.2. The van der Waals surface area contributed by atoms with Crippen LogP contribution in [0.3, 0.4) is 0 Å². The van der Waals surface area contributed by atoms with Gasteiger partial charge >= 0.3 is 19.7 Å². The van der Waals surface area contributed by atoms with Crippen molar-refractivity contribution in [1.29, 1.82) is 0 Å². The molecular weight excluding hydrogens is 539 g/mol. The molecule has 5 rings (SSSR count). The van der Waals surface area contributed by atoms with Crippen molar-refractivity contribution in [2.45, 2.75) is 44.9 Å². The lowest BCUT2D eigenvalue weighted by Crippen LogP contribution is -2.37. The van der Waals surface area contributed by atoms with Gasteiger partial charge in [-0.15, -0.1) is 0 Å². The van der Waals surface area contributed by atoms with Gasteiger partial charge in [-0.25, -0.2) is 19.5 Å². The van der Waals surface area contributed by atoms with Crippen molar-refractivity contribution in [3.8, 4) is 5.75 Å². The Morgan fingerprint density at radius 2 is 1.95 bits per heavy atom. The lowest BCUT2D eigenvalue weighted by atomic mass is 10.0. The van der Waals surface area contributed by atoms with Crippen LogP contribution >= 0.6 is 7.75 Å². The van der Waals surface area contributed by atoms with E-state index in [2.05, 4.69) is 26.6 Å². The van der Waals surface area contributed by atoms with Gasteiger partial charge in [0.2, 0.25) is 0 Å². The highest BCUT2D eigenvalue weighted by Crippen LogP contribution is 2.50. The monoisotopic (exact) mass is 570 g/mol. The van der Waals surface area contributed by atoms with Gasteiger partial charge in [0, 0.05) is 18.3 Å². The van der Waals surface area contributed by atoms with Crippen molar-refractivity contribution in [2.24, 2.45) is 11.8 Å². The quantitative estimate of drug-likeness (QED) is 0.268. The number of nitrogens with zero attached hydrogens (tertiary/aromatic N) is 4. The van der Waals surface area contributed by atoms with Crippen LogP contribution in [-0.4, -0.2) is 56.8 Å². The first-order valence-electron chi connectivity index (χ1n) is 12.9. The zero-order valence-electron chi connectivity index (χ0n) is 22.1. The fraction of sp³-hybridized carbons (Fsp3) is 0.423. The highest BCUT2D eigenvalue weighted by atomic mass is 31.2. The summed E-state index contributed by atoms with van der Waals surface area (Å²) in [5.41, 5.74) is 7.60. The van der Waals surface area contributed by atoms with Crippen molar-refractivity contribution in [2.75, 3.05) is 18.9 Å². The molecule has 1 aliphatic heterocycles. The number of nitrogens with one attached hydrogen (secondary N) is 1. The number of carbonyl (C=O) groups excluding carboxylic acids is 2. The summed E-state index contributed by atoms with van der Waals surface area (Å²) in [6.07, 6.45) is 2.60. The third kappa shape index (κ3) is 5.58. The molecule has 3 N–H and O–H groups in total. The van der Waals surface area contributed by atoms with Gasteiger partial charge in [0.1, 0.15) is 29.7 Å². The van der Waals surface area contributed by atoms with Crippen LogP contribution in [-0.2, 0) is 28.2 Å². The summed E-state index contributed by atoms with van der Waals surface area (Å²) in [5.74, 6) is -1.45. The first-order chi connectivity index (χ1) is 19.2. The number of hydrogen-bond acceptors (Lipinski definition) is 11. The fourth-order valence-corrected chi connectivity index (χ4v) is 6.63. The molecule has 212 valence electrons. The molecule has 0 unspecified atom stereocenters. The van der Waals surface area contributed by atoms with E-state index in [0.29, 0.717) is 16.7 Å². The molecule has 3 aromatic rings. The van der Waals surface area contributed by atoms with Crippen molar-refractivity contribution < 1.29 is 32.7 Å². The van der Waals surface area contributed by atoms with E-state index in [1.807, 2.05) is 11.5 Å². The first-order valence-corrected chi connectivity index (χ1v) is 14.5. The number of nitrogen functional groups attached to an aromatic ring is 1. The van der Waals surface area contributed by atoms with Crippen LogP contribution in [0.2, 0.25) is 0 Å². The van der Waals surface area contributed by atoms with Gasteiger partial charge in [0.25, 0.3) is 0 Å². The highest BCUT2D eigenvalue weighted by Gasteiger charge is 2.49. The number of benzene rings is 1. The molecule has 0 amide bonds. The summed E-state index contributed by atoms with van der Waals surface area (Å²) in [6, 6.07) is 7.05. The smallest absolute Gasteiger partial charge is 0.459 e. The Labute approximate surface area is 230 Å². The van der Waals surface area contributed by atoms with E-state index in [4.69, 9.17) is 24.3 Å². The summed E-state index contributed by atoms with van der Waals surface area (Å²) in [7, 11) is -4.13. The van der Waals surface area contributed by atoms with Crippen LogP contribution < -0.4 is 15.3 Å². The zero-order chi connectivity index (χ0) is 28.4. The van der Waals surface area contributed by atoms with Crippen LogP contribution in [0.5, 0.6) is 5.75 Å². The van der Waals surface area contributed by atoms with E-state index in [1.54, 1.807) is 36.7 Å². The number of rotatable bonds is 3. The Kier molecular flexibility index (Phi) is 7.88. The predicted octanol–water partition coefficient (Wildman–Crippen LogP) is 3.20. The minimum absolute atomic E-state index is 0.00815. The molecular formula is C26H31N6O7P. The van der Waals surface area contributed by atoms with Crippen LogP contribution in [0.4, 0.5) is 5.82 Å². The second-order valence-electron chi connectivity index (χ2n) is 9.84. The maximum atomic E-state index is 14.0. The lowest BCUT2D eigenvalue weighted by Gasteiger charge is -2.27. The van der Waals surface area contributed by atoms with Crippen molar-refractivity contribution in [3.05, 3.63) is 55.1 Å².